The summed E-state index contributed by atoms with van der Waals surface area (Å²) in [4.78, 5) is 16.6. The Labute approximate surface area is 231 Å². The fourth-order valence-corrected chi connectivity index (χ4v) is 4.11. The lowest BCUT2D eigenvalue weighted by Crippen LogP contribution is -2.22. The number of benzene rings is 2. The van der Waals surface area contributed by atoms with Crippen molar-refractivity contribution in [1.29, 1.82) is 0 Å². The van der Waals surface area contributed by atoms with E-state index in [9.17, 15) is 20.1 Å². The number of pyridine rings is 1. The van der Waals surface area contributed by atoms with Crippen molar-refractivity contribution in [2.75, 3.05) is 32.1 Å². The SMILES string of the molecule is COc1ccc(C(=O)Nc2c(Cl)cncc2Cl)cc1OCCCCCNCC(O)c1ccc(O)c(CO)c1. The molecular weight excluding hydrogens is 533 g/mol. The first-order chi connectivity index (χ1) is 18.3. The van der Waals surface area contributed by atoms with Crippen LogP contribution in [0.2, 0.25) is 10.0 Å². The second-order valence-corrected chi connectivity index (χ2v) is 9.29. The predicted octanol–water partition coefficient (Wildman–Crippen LogP) is 4.72. The Bertz CT molecular complexity index is 1210. The largest absolute Gasteiger partial charge is 0.508 e. The van der Waals surface area contributed by atoms with Gasteiger partial charge in [-0.1, -0.05) is 29.3 Å². The summed E-state index contributed by atoms with van der Waals surface area (Å²) in [5.41, 5.74) is 1.65. The highest BCUT2D eigenvalue weighted by atomic mass is 35.5. The van der Waals surface area contributed by atoms with Crippen LogP contribution in [0.4, 0.5) is 5.69 Å². The van der Waals surface area contributed by atoms with Gasteiger partial charge in [-0.2, -0.15) is 0 Å². The summed E-state index contributed by atoms with van der Waals surface area (Å²) in [7, 11) is 1.53. The van der Waals surface area contributed by atoms with E-state index in [2.05, 4.69) is 15.6 Å². The van der Waals surface area contributed by atoms with E-state index < -0.39 is 12.0 Å². The predicted molar refractivity (Wildman–Crippen MR) is 146 cm³/mol. The van der Waals surface area contributed by atoms with Gasteiger partial charge in [0.2, 0.25) is 0 Å². The zero-order valence-electron chi connectivity index (χ0n) is 20.9. The summed E-state index contributed by atoms with van der Waals surface area (Å²) >= 11 is 12.2. The average molecular weight is 564 g/mol. The van der Waals surface area contributed by atoms with Crippen LogP contribution in [-0.2, 0) is 6.61 Å². The highest BCUT2D eigenvalue weighted by molar-refractivity contribution is 6.39. The smallest absolute Gasteiger partial charge is 0.255 e. The standard InChI is InChI=1S/C27H31Cl2N3O6/c1-37-24-8-6-18(27(36)32-26-20(28)13-31-14-21(26)29)12-25(24)38-10-4-2-3-9-30-15-23(35)17-5-7-22(34)19(11-17)16-33/h5-8,11-14,23,30,33-35H,2-4,9-10,15-16H2,1H3,(H,31,32,36). The van der Waals surface area contributed by atoms with Gasteiger partial charge in [0, 0.05) is 30.1 Å². The van der Waals surface area contributed by atoms with Crippen LogP contribution < -0.4 is 20.1 Å². The molecule has 1 aromatic heterocycles. The maximum absolute atomic E-state index is 12.7. The van der Waals surface area contributed by atoms with Crippen LogP contribution in [0.25, 0.3) is 0 Å². The summed E-state index contributed by atoms with van der Waals surface area (Å²) < 4.78 is 11.2. The topological polar surface area (TPSA) is 133 Å². The van der Waals surface area contributed by atoms with Gasteiger partial charge < -0.3 is 35.4 Å². The van der Waals surface area contributed by atoms with Crippen molar-refractivity contribution in [1.82, 2.24) is 10.3 Å². The zero-order chi connectivity index (χ0) is 27.5. The number of amides is 1. The molecule has 1 unspecified atom stereocenters. The van der Waals surface area contributed by atoms with E-state index in [-0.39, 0.29) is 28.1 Å². The van der Waals surface area contributed by atoms with Gasteiger partial charge >= 0.3 is 0 Å². The van der Waals surface area contributed by atoms with Crippen LogP contribution in [0.5, 0.6) is 17.2 Å². The molecule has 1 heterocycles. The Balaban J connectivity index is 1.41. The molecule has 0 bridgehead atoms. The zero-order valence-corrected chi connectivity index (χ0v) is 22.4. The van der Waals surface area contributed by atoms with Gasteiger partial charge in [-0.3, -0.25) is 9.78 Å². The van der Waals surface area contributed by atoms with Gasteiger partial charge in [0.1, 0.15) is 5.75 Å². The third kappa shape index (κ3) is 8.21. The van der Waals surface area contributed by atoms with Crippen molar-refractivity contribution in [3.63, 3.8) is 0 Å². The molecule has 0 spiro atoms. The van der Waals surface area contributed by atoms with E-state index in [0.717, 1.165) is 19.3 Å². The van der Waals surface area contributed by atoms with Crippen molar-refractivity contribution in [3.05, 3.63) is 75.5 Å². The minimum atomic E-state index is -0.744. The van der Waals surface area contributed by atoms with Crippen molar-refractivity contribution < 1.29 is 29.6 Å². The van der Waals surface area contributed by atoms with Crippen molar-refractivity contribution in [3.8, 4) is 17.2 Å². The van der Waals surface area contributed by atoms with Crippen molar-refractivity contribution in [2.24, 2.45) is 0 Å². The third-order valence-corrected chi connectivity index (χ3v) is 6.34. The number of rotatable bonds is 14. The third-order valence-electron chi connectivity index (χ3n) is 5.77. The molecule has 0 aliphatic carbocycles. The molecule has 204 valence electrons. The molecule has 1 amide bonds. The lowest BCUT2D eigenvalue weighted by molar-refractivity contribution is 0.102. The number of phenols is 1. The number of nitrogens with one attached hydrogen (secondary N) is 2. The van der Waals surface area contributed by atoms with Crippen LogP contribution in [0.3, 0.4) is 0 Å². The number of carbonyl (C=O) groups excluding carboxylic acids is 1. The van der Waals surface area contributed by atoms with E-state index in [1.807, 2.05) is 0 Å². The molecule has 0 saturated carbocycles. The highest BCUT2D eigenvalue weighted by Gasteiger charge is 2.15. The quantitative estimate of drug-likeness (QED) is 0.178. The molecule has 1 atom stereocenters. The van der Waals surface area contributed by atoms with Crippen LogP contribution in [-0.4, -0.2) is 53.0 Å². The van der Waals surface area contributed by atoms with E-state index in [0.29, 0.717) is 47.9 Å². The molecule has 0 radical (unpaired) electrons. The number of aliphatic hydroxyl groups is 2. The molecule has 0 saturated heterocycles. The molecule has 11 heteroatoms. The number of ether oxygens (including phenoxy) is 2. The molecule has 38 heavy (non-hydrogen) atoms. The van der Waals surface area contributed by atoms with E-state index in [4.69, 9.17) is 32.7 Å². The number of methoxy groups -OCH3 is 1. The lowest BCUT2D eigenvalue weighted by Gasteiger charge is -2.14. The van der Waals surface area contributed by atoms with Crippen LogP contribution in [0, 0.1) is 0 Å². The number of nitrogens with zero attached hydrogens (tertiary/aromatic N) is 1. The van der Waals surface area contributed by atoms with Gasteiger partial charge in [-0.25, -0.2) is 0 Å². The van der Waals surface area contributed by atoms with Crippen molar-refractivity contribution in [2.45, 2.75) is 32.0 Å². The van der Waals surface area contributed by atoms with E-state index in [1.54, 1.807) is 30.3 Å². The Hall–Kier alpha value is -3.08. The molecule has 0 aliphatic heterocycles. The summed E-state index contributed by atoms with van der Waals surface area (Å²) in [6.45, 7) is 1.21. The minimum Gasteiger partial charge on any atom is -0.508 e. The number of unbranched alkanes of at least 4 members (excludes halogenated alkanes) is 2. The number of hydrogen-bond acceptors (Lipinski definition) is 8. The second-order valence-electron chi connectivity index (χ2n) is 8.47. The maximum atomic E-state index is 12.7. The van der Waals surface area contributed by atoms with Gasteiger partial charge in [0.05, 0.1) is 42.2 Å². The molecule has 3 aromatic rings. The lowest BCUT2D eigenvalue weighted by atomic mass is 10.1. The Kier molecular flexibility index (Phi) is 11.4. The maximum Gasteiger partial charge on any atom is 0.255 e. The van der Waals surface area contributed by atoms with Crippen LogP contribution in [0.1, 0.15) is 46.9 Å². The minimum absolute atomic E-state index is 0.00557. The molecule has 9 nitrogen and oxygen atoms in total. The monoisotopic (exact) mass is 563 g/mol. The summed E-state index contributed by atoms with van der Waals surface area (Å²) in [6, 6.07) is 9.57. The van der Waals surface area contributed by atoms with Crippen LogP contribution in [0.15, 0.2) is 48.8 Å². The fourth-order valence-electron chi connectivity index (χ4n) is 3.65. The Morgan fingerprint density at radius 1 is 1.05 bits per heavy atom. The number of hydrogen-bond donors (Lipinski definition) is 5. The molecule has 3 rings (SSSR count). The number of anilines is 1. The first kappa shape index (κ1) is 29.5. The van der Waals surface area contributed by atoms with Crippen molar-refractivity contribution >= 4 is 34.8 Å². The fraction of sp³-hybridized carbons (Fsp3) is 0.333. The normalized spacial score (nSPS) is 11.7. The van der Waals surface area contributed by atoms with Crippen LogP contribution >= 0.6 is 23.2 Å². The molecule has 2 aromatic carbocycles. The molecule has 5 N–H and O–H groups in total. The number of carbonyl (C=O) groups is 1. The first-order valence-corrected chi connectivity index (χ1v) is 12.8. The van der Waals surface area contributed by atoms with E-state index in [1.165, 1.54) is 25.6 Å². The highest BCUT2D eigenvalue weighted by Crippen LogP contribution is 2.31. The summed E-state index contributed by atoms with van der Waals surface area (Å²) in [5.74, 6) is 0.562. The molecule has 0 aliphatic rings. The number of aromatic hydroxyl groups is 1. The Morgan fingerprint density at radius 2 is 1.82 bits per heavy atom. The van der Waals surface area contributed by atoms with E-state index >= 15 is 0 Å². The second kappa shape index (κ2) is 14.8. The average Bonchev–Trinajstić information content (AvgIpc) is 2.92. The first-order valence-electron chi connectivity index (χ1n) is 12.1. The summed E-state index contributed by atoms with van der Waals surface area (Å²) in [5, 5.41) is 35.6. The number of halogens is 2. The van der Waals surface area contributed by atoms with Gasteiger partial charge in [0.15, 0.2) is 11.5 Å². The number of aliphatic hydroxyl groups excluding tert-OH is 2. The Morgan fingerprint density at radius 3 is 2.53 bits per heavy atom. The summed E-state index contributed by atoms with van der Waals surface area (Å²) in [6.07, 6.45) is 4.59. The van der Waals surface area contributed by atoms with Gasteiger partial charge in [-0.15, -0.1) is 0 Å². The molecule has 0 fully saturated rings. The number of aromatic nitrogens is 1. The molecular formula is C27H31Cl2N3O6. The van der Waals surface area contributed by atoms with Gasteiger partial charge in [0.25, 0.3) is 5.91 Å². The van der Waals surface area contributed by atoms with Gasteiger partial charge in [-0.05, 0) is 61.7 Å².